The fourth-order valence-corrected chi connectivity index (χ4v) is 3.32. The van der Waals surface area contributed by atoms with Crippen LogP contribution in [-0.4, -0.2) is 22.4 Å². The number of fused-ring (bicyclic) bond motifs is 1. The molecule has 0 aliphatic rings. The van der Waals surface area contributed by atoms with Gasteiger partial charge in [-0.1, -0.05) is 36.4 Å². The van der Waals surface area contributed by atoms with Crippen LogP contribution in [0.4, 0.5) is 5.69 Å². The molecular formula is C24H23N3O3. The molecule has 0 radical (unpaired) electrons. The number of nitrogens with one attached hydrogen (secondary N) is 1. The minimum absolute atomic E-state index is 0.236. The highest BCUT2D eigenvalue weighted by Crippen LogP contribution is 2.23. The van der Waals surface area contributed by atoms with E-state index in [4.69, 9.17) is 9.47 Å². The van der Waals surface area contributed by atoms with Crippen LogP contribution in [0.2, 0.25) is 0 Å². The second-order valence-corrected chi connectivity index (χ2v) is 6.98. The van der Waals surface area contributed by atoms with Crippen molar-refractivity contribution in [2.45, 2.75) is 20.1 Å². The van der Waals surface area contributed by atoms with E-state index >= 15 is 0 Å². The molecule has 6 nitrogen and oxygen atoms in total. The number of ether oxygens (including phenoxy) is 2. The van der Waals surface area contributed by atoms with Crippen LogP contribution < -0.4 is 10.1 Å². The van der Waals surface area contributed by atoms with Gasteiger partial charge in [-0.05, 0) is 36.8 Å². The van der Waals surface area contributed by atoms with E-state index in [-0.39, 0.29) is 12.5 Å². The minimum Gasteiger partial charge on any atom is -0.486 e. The molecule has 0 unspecified atom stereocenters. The van der Waals surface area contributed by atoms with Crippen molar-refractivity contribution in [3.05, 3.63) is 95.4 Å². The standard InChI is InChI=1S/C24H23N3O3/c1-17-8-7-13-27-14-19(25-23(17)27)16-30-22-12-6-4-10-20(22)24(28)26-21-11-5-3-9-18(21)15-29-2/h3-14H,15-16H2,1-2H3,(H,26,28). The first-order chi connectivity index (χ1) is 14.7. The number of amides is 1. The molecule has 4 aromatic rings. The van der Waals surface area contributed by atoms with Crippen LogP contribution in [0.3, 0.4) is 0 Å². The Hall–Kier alpha value is -3.64. The number of hydrogen-bond donors (Lipinski definition) is 1. The molecule has 0 atom stereocenters. The minimum atomic E-state index is -0.236. The molecule has 30 heavy (non-hydrogen) atoms. The van der Waals surface area contributed by atoms with E-state index in [0.29, 0.717) is 17.9 Å². The first kappa shape index (κ1) is 19.7. The summed E-state index contributed by atoms with van der Waals surface area (Å²) < 4.78 is 13.2. The topological polar surface area (TPSA) is 64.9 Å². The quantitative estimate of drug-likeness (QED) is 0.491. The maximum Gasteiger partial charge on any atom is 0.259 e. The number of carbonyl (C=O) groups excluding carboxylic acids is 1. The number of para-hydroxylation sites is 2. The van der Waals surface area contributed by atoms with Crippen LogP contribution in [0.1, 0.15) is 27.2 Å². The van der Waals surface area contributed by atoms with Gasteiger partial charge in [-0.3, -0.25) is 4.79 Å². The summed E-state index contributed by atoms with van der Waals surface area (Å²) in [5.41, 5.74) is 4.88. The number of carbonyl (C=O) groups is 1. The first-order valence-corrected chi connectivity index (χ1v) is 9.69. The van der Waals surface area contributed by atoms with Gasteiger partial charge < -0.3 is 19.2 Å². The average molecular weight is 401 g/mol. The number of hydrogen-bond acceptors (Lipinski definition) is 4. The van der Waals surface area contributed by atoms with Crippen molar-refractivity contribution in [2.24, 2.45) is 0 Å². The Kier molecular flexibility index (Phi) is 5.77. The first-order valence-electron chi connectivity index (χ1n) is 9.69. The van der Waals surface area contributed by atoms with E-state index in [1.165, 1.54) is 0 Å². The Labute approximate surface area is 175 Å². The summed E-state index contributed by atoms with van der Waals surface area (Å²) in [6.45, 7) is 2.71. The third-order valence-electron chi connectivity index (χ3n) is 4.80. The number of nitrogens with zero attached hydrogens (tertiary/aromatic N) is 2. The third-order valence-corrected chi connectivity index (χ3v) is 4.80. The number of pyridine rings is 1. The zero-order chi connectivity index (χ0) is 20.9. The number of imidazole rings is 1. The molecule has 1 amide bonds. The largest absolute Gasteiger partial charge is 0.486 e. The Morgan fingerprint density at radius 1 is 1.03 bits per heavy atom. The number of anilines is 1. The van der Waals surface area contributed by atoms with Gasteiger partial charge in [0.1, 0.15) is 18.0 Å². The van der Waals surface area contributed by atoms with Crippen molar-refractivity contribution in [3.8, 4) is 5.75 Å². The van der Waals surface area contributed by atoms with E-state index in [1.807, 2.05) is 72.2 Å². The van der Waals surface area contributed by atoms with Crippen molar-refractivity contribution >= 4 is 17.2 Å². The Morgan fingerprint density at radius 3 is 2.67 bits per heavy atom. The average Bonchev–Trinajstić information content (AvgIpc) is 3.19. The Bertz CT molecular complexity index is 1180. The van der Waals surface area contributed by atoms with Crippen LogP contribution in [0.25, 0.3) is 5.65 Å². The third kappa shape index (κ3) is 4.18. The predicted octanol–water partition coefficient (Wildman–Crippen LogP) is 4.62. The fraction of sp³-hybridized carbons (Fsp3) is 0.167. The summed E-state index contributed by atoms with van der Waals surface area (Å²) in [7, 11) is 1.63. The molecule has 6 heteroatoms. The lowest BCUT2D eigenvalue weighted by Gasteiger charge is -2.13. The van der Waals surface area contributed by atoms with Crippen LogP contribution in [0.5, 0.6) is 5.75 Å². The van der Waals surface area contributed by atoms with Gasteiger partial charge in [0.15, 0.2) is 0 Å². The molecule has 1 N–H and O–H groups in total. The number of methoxy groups -OCH3 is 1. The molecular weight excluding hydrogens is 378 g/mol. The Balaban J connectivity index is 1.52. The molecule has 152 valence electrons. The zero-order valence-electron chi connectivity index (χ0n) is 17.0. The lowest BCUT2D eigenvalue weighted by Crippen LogP contribution is -2.15. The predicted molar refractivity (Wildman–Crippen MR) is 116 cm³/mol. The summed E-state index contributed by atoms with van der Waals surface area (Å²) in [6, 6.07) is 18.8. The van der Waals surface area contributed by atoms with E-state index in [9.17, 15) is 4.79 Å². The molecule has 0 aliphatic carbocycles. The molecule has 2 aromatic carbocycles. The van der Waals surface area contributed by atoms with Gasteiger partial charge in [-0.15, -0.1) is 0 Å². The molecule has 0 saturated carbocycles. The van der Waals surface area contributed by atoms with Crippen molar-refractivity contribution in [2.75, 3.05) is 12.4 Å². The number of rotatable bonds is 7. The summed E-state index contributed by atoms with van der Waals surface area (Å²) in [4.78, 5) is 17.6. The fourth-order valence-electron chi connectivity index (χ4n) is 3.32. The molecule has 2 heterocycles. The zero-order valence-corrected chi connectivity index (χ0v) is 17.0. The lowest BCUT2D eigenvalue weighted by molar-refractivity contribution is 0.102. The summed E-state index contributed by atoms with van der Waals surface area (Å²) in [5.74, 6) is 0.271. The van der Waals surface area contributed by atoms with Gasteiger partial charge in [0.05, 0.1) is 17.9 Å². The number of aryl methyl sites for hydroxylation is 1. The number of aromatic nitrogens is 2. The summed E-state index contributed by atoms with van der Waals surface area (Å²) in [5, 5.41) is 2.96. The van der Waals surface area contributed by atoms with Crippen molar-refractivity contribution in [3.63, 3.8) is 0 Å². The highest BCUT2D eigenvalue weighted by atomic mass is 16.5. The SMILES string of the molecule is COCc1ccccc1NC(=O)c1ccccc1OCc1cn2cccc(C)c2n1. The van der Waals surface area contributed by atoms with Gasteiger partial charge in [-0.2, -0.15) is 0 Å². The Morgan fingerprint density at radius 2 is 1.83 bits per heavy atom. The number of benzene rings is 2. The van der Waals surface area contributed by atoms with Gasteiger partial charge >= 0.3 is 0 Å². The van der Waals surface area contributed by atoms with Crippen molar-refractivity contribution in [1.29, 1.82) is 0 Å². The molecule has 4 rings (SSSR count). The molecule has 2 aromatic heterocycles. The smallest absolute Gasteiger partial charge is 0.259 e. The lowest BCUT2D eigenvalue weighted by atomic mass is 10.1. The van der Waals surface area contributed by atoms with E-state index in [1.54, 1.807) is 19.2 Å². The van der Waals surface area contributed by atoms with Gasteiger partial charge in [0, 0.05) is 30.8 Å². The maximum atomic E-state index is 12.9. The van der Waals surface area contributed by atoms with Gasteiger partial charge in [0.25, 0.3) is 5.91 Å². The van der Waals surface area contributed by atoms with Crippen molar-refractivity contribution < 1.29 is 14.3 Å². The normalized spacial score (nSPS) is 10.9. The van der Waals surface area contributed by atoms with Gasteiger partial charge in [-0.25, -0.2) is 4.98 Å². The molecule has 0 fully saturated rings. The molecule has 0 aliphatic heterocycles. The van der Waals surface area contributed by atoms with Crippen LogP contribution in [0, 0.1) is 6.92 Å². The van der Waals surface area contributed by atoms with Crippen LogP contribution in [0.15, 0.2) is 73.1 Å². The summed E-state index contributed by atoms with van der Waals surface area (Å²) in [6.07, 6.45) is 3.89. The molecule has 0 bridgehead atoms. The van der Waals surface area contributed by atoms with E-state index in [2.05, 4.69) is 10.3 Å². The van der Waals surface area contributed by atoms with Crippen LogP contribution in [-0.2, 0) is 18.0 Å². The van der Waals surface area contributed by atoms with Crippen molar-refractivity contribution in [1.82, 2.24) is 9.38 Å². The van der Waals surface area contributed by atoms with E-state index in [0.717, 1.165) is 28.2 Å². The monoisotopic (exact) mass is 401 g/mol. The molecule has 0 spiro atoms. The second kappa shape index (κ2) is 8.80. The van der Waals surface area contributed by atoms with Crippen LogP contribution >= 0.6 is 0 Å². The summed E-state index contributed by atoms with van der Waals surface area (Å²) >= 11 is 0. The van der Waals surface area contributed by atoms with Gasteiger partial charge in [0.2, 0.25) is 0 Å². The molecule has 0 saturated heterocycles. The highest BCUT2D eigenvalue weighted by molar-refractivity contribution is 6.06. The maximum absolute atomic E-state index is 12.9. The second-order valence-electron chi connectivity index (χ2n) is 6.98. The highest BCUT2D eigenvalue weighted by Gasteiger charge is 2.15. The van der Waals surface area contributed by atoms with E-state index < -0.39 is 0 Å².